The van der Waals surface area contributed by atoms with E-state index in [-0.39, 0.29) is 22.1 Å². The molecule has 0 aliphatic heterocycles. The molecule has 10 heteroatoms. The second-order valence-corrected chi connectivity index (χ2v) is 7.42. The Morgan fingerprint density at radius 3 is 2.11 bits per heavy atom. The lowest BCUT2D eigenvalue weighted by molar-refractivity contribution is -0.118. The fourth-order valence-electron chi connectivity index (χ4n) is 2.88. The number of halogens is 3. The zero-order valence-corrected chi connectivity index (χ0v) is 19.0. The minimum atomic E-state index is -0.702. The van der Waals surface area contributed by atoms with Crippen LogP contribution in [0.4, 0.5) is 20.2 Å². The Hall–Kier alpha value is -4.42. The predicted molar refractivity (Wildman–Crippen MR) is 127 cm³/mol. The summed E-state index contributed by atoms with van der Waals surface area (Å²) >= 11 is 6.30. The van der Waals surface area contributed by atoms with Crippen molar-refractivity contribution in [1.29, 1.82) is 5.26 Å². The van der Waals surface area contributed by atoms with Crippen LogP contribution >= 0.6 is 11.6 Å². The molecule has 0 saturated heterocycles. The molecule has 7 nitrogen and oxygen atoms in total. The van der Waals surface area contributed by atoms with E-state index < -0.39 is 30.1 Å². The first-order valence-electron chi connectivity index (χ1n) is 10.0. The summed E-state index contributed by atoms with van der Waals surface area (Å²) in [7, 11) is 1.36. The van der Waals surface area contributed by atoms with Gasteiger partial charge in [-0.3, -0.25) is 9.59 Å². The van der Waals surface area contributed by atoms with E-state index in [1.807, 2.05) is 0 Å². The van der Waals surface area contributed by atoms with E-state index in [9.17, 15) is 23.6 Å². The highest BCUT2D eigenvalue weighted by Crippen LogP contribution is 2.37. The van der Waals surface area contributed by atoms with E-state index in [4.69, 9.17) is 21.1 Å². The molecule has 0 atom stereocenters. The van der Waals surface area contributed by atoms with Gasteiger partial charge in [0.1, 0.15) is 23.3 Å². The Morgan fingerprint density at radius 2 is 1.57 bits per heavy atom. The van der Waals surface area contributed by atoms with Crippen molar-refractivity contribution in [3.8, 4) is 17.6 Å². The molecule has 3 rings (SSSR count). The first-order chi connectivity index (χ1) is 16.8. The molecule has 0 spiro atoms. The monoisotopic (exact) mass is 497 g/mol. The summed E-state index contributed by atoms with van der Waals surface area (Å²) in [6.07, 6.45) is 1.29. The van der Waals surface area contributed by atoms with Crippen LogP contribution < -0.4 is 20.1 Å². The number of hydrogen-bond acceptors (Lipinski definition) is 5. The lowest BCUT2D eigenvalue weighted by Gasteiger charge is -2.13. The highest BCUT2D eigenvalue weighted by molar-refractivity contribution is 6.32. The average molecular weight is 498 g/mol. The van der Waals surface area contributed by atoms with Crippen LogP contribution in [0, 0.1) is 23.0 Å². The summed E-state index contributed by atoms with van der Waals surface area (Å²) in [4.78, 5) is 24.6. The molecule has 0 heterocycles. The third-order valence-corrected chi connectivity index (χ3v) is 4.79. The Balaban J connectivity index is 1.72. The number of amides is 2. The summed E-state index contributed by atoms with van der Waals surface area (Å²) < 4.78 is 36.8. The van der Waals surface area contributed by atoms with Gasteiger partial charge in [-0.1, -0.05) is 11.6 Å². The maximum Gasteiger partial charge on any atom is 0.266 e. The minimum Gasteiger partial charge on any atom is -0.493 e. The molecule has 2 amide bonds. The topological polar surface area (TPSA) is 100 Å². The SMILES string of the molecule is COc1cc(C=C(C#N)C(=O)Nc2ccc(F)cc2)cc(Cl)c1OCC(=O)Nc1ccc(F)cc1. The van der Waals surface area contributed by atoms with Crippen molar-refractivity contribution < 1.29 is 27.8 Å². The van der Waals surface area contributed by atoms with Crippen molar-refractivity contribution in [2.45, 2.75) is 0 Å². The van der Waals surface area contributed by atoms with Gasteiger partial charge in [0.25, 0.3) is 11.8 Å². The summed E-state index contributed by atoms with van der Waals surface area (Å²) in [5.74, 6) is -1.87. The molecule has 0 saturated carbocycles. The molecular weight excluding hydrogens is 480 g/mol. The van der Waals surface area contributed by atoms with Crippen molar-refractivity contribution in [1.82, 2.24) is 0 Å². The van der Waals surface area contributed by atoms with Crippen LogP contribution in [0.5, 0.6) is 11.5 Å². The van der Waals surface area contributed by atoms with Gasteiger partial charge in [-0.05, 0) is 72.3 Å². The number of anilines is 2. The number of nitrogens with one attached hydrogen (secondary N) is 2. The zero-order valence-electron chi connectivity index (χ0n) is 18.3. The molecule has 35 heavy (non-hydrogen) atoms. The number of nitriles is 1. The van der Waals surface area contributed by atoms with Crippen molar-refractivity contribution in [2.24, 2.45) is 0 Å². The van der Waals surface area contributed by atoms with Gasteiger partial charge < -0.3 is 20.1 Å². The minimum absolute atomic E-state index is 0.0708. The van der Waals surface area contributed by atoms with Crippen molar-refractivity contribution in [3.63, 3.8) is 0 Å². The first-order valence-corrected chi connectivity index (χ1v) is 10.4. The van der Waals surface area contributed by atoms with Gasteiger partial charge in [0.05, 0.1) is 12.1 Å². The fourth-order valence-corrected chi connectivity index (χ4v) is 3.15. The van der Waals surface area contributed by atoms with Gasteiger partial charge >= 0.3 is 0 Å². The molecule has 0 aliphatic rings. The smallest absolute Gasteiger partial charge is 0.266 e. The van der Waals surface area contributed by atoms with E-state index in [0.717, 1.165) is 0 Å². The largest absolute Gasteiger partial charge is 0.493 e. The number of benzene rings is 3. The fraction of sp³-hybridized carbons (Fsp3) is 0.0800. The van der Waals surface area contributed by atoms with E-state index in [2.05, 4.69) is 10.6 Å². The second kappa shape index (κ2) is 11.6. The molecule has 178 valence electrons. The summed E-state index contributed by atoms with van der Waals surface area (Å²) in [5, 5.41) is 14.5. The predicted octanol–water partition coefficient (Wildman–Crippen LogP) is 5.19. The maximum absolute atomic E-state index is 13.0. The molecule has 0 bridgehead atoms. The quantitative estimate of drug-likeness (QED) is 0.329. The highest BCUT2D eigenvalue weighted by atomic mass is 35.5. The van der Waals surface area contributed by atoms with Gasteiger partial charge in [0.15, 0.2) is 18.1 Å². The van der Waals surface area contributed by atoms with Crippen LogP contribution in [0.25, 0.3) is 6.08 Å². The van der Waals surface area contributed by atoms with Gasteiger partial charge in [-0.25, -0.2) is 8.78 Å². The Labute approximate surface area is 204 Å². The average Bonchev–Trinajstić information content (AvgIpc) is 2.84. The molecule has 3 aromatic carbocycles. The van der Waals surface area contributed by atoms with Gasteiger partial charge in [-0.15, -0.1) is 0 Å². The number of carbonyl (C=O) groups is 2. The van der Waals surface area contributed by atoms with Gasteiger partial charge in [0, 0.05) is 11.4 Å². The summed E-state index contributed by atoms with van der Waals surface area (Å²) in [6, 6.07) is 15.0. The molecular formula is C25H18ClF2N3O4. The molecule has 0 aromatic heterocycles. The molecule has 3 aromatic rings. The van der Waals surface area contributed by atoms with E-state index in [0.29, 0.717) is 16.9 Å². The second-order valence-electron chi connectivity index (χ2n) is 7.01. The van der Waals surface area contributed by atoms with E-state index in [1.165, 1.54) is 73.8 Å². The molecule has 0 unspecified atom stereocenters. The molecule has 2 N–H and O–H groups in total. The van der Waals surface area contributed by atoms with Crippen LogP contribution in [0.15, 0.2) is 66.2 Å². The third-order valence-electron chi connectivity index (χ3n) is 4.51. The maximum atomic E-state index is 13.0. The lowest BCUT2D eigenvalue weighted by Crippen LogP contribution is -2.20. The van der Waals surface area contributed by atoms with Crippen LogP contribution in [-0.2, 0) is 9.59 Å². The van der Waals surface area contributed by atoms with E-state index >= 15 is 0 Å². The Morgan fingerprint density at radius 1 is 1.00 bits per heavy atom. The Kier molecular flexibility index (Phi) is 8.38. The zero-order chi connectivity index (χ0) is 25.4. The Bertz CT molecular complexity index is 1300. The molecule has 0 radical (unpaired) electrons. The van der Waals surface area contributed by atoms with Gasteiger partial charge in [-0.2, -0.15) is 5.26 Å². The van der Waals surface area contributed by atoms with Crippen molar-refractivity contribution >= 4 is 40.9 Å². The van der Waals surface area contributed by atoms with Crippen LogP contribution in [-0.4, -0.2) is 25.5 Å². The number of carbonyl (C=O) groups excluding carboxylic acids is 2. The lowest BCUT2D eigenvalue weighted by atomic mass is 10.1. The standard InChI is InChI=1S/C25H18ClF2N3O4/c1-34-22-12-15(10-16(13-29)25(33)31-20-8-4-18(28)5-9-20)11-21(26)24(22)35-14-23(32)30-19-6-2-17(27)3-7-19/h2-12H,14H2,1H3,(H,30,32)(H,31,33). The molecule has 0 aliphatic carbocycles. The third kappa shape index (κ3) is 7.03. The van der Waals surface area contributed by atoms with Gasteiger partial charge in [0.2, 0.25) is 0 Å². The normalized spacial score (nSPS) is 10.8. The number of ether oxygens (including phenoxy) is 2. The summed E-state index contributed by atoms with van der Waals surface area (Å²) in [6.45, 7) is -0.411. The van der Waals surface area contributed by atoms with Crippen molar-refractivity contribution in [2.75, 3.05) is 24.4 Å². The highest BCUT2D eigenvalue weighted by Gasteiger charge is 2.16. The first kappa shape index (κ1) is 25.2. The number of hydrogen-bond donors (Lipinski definition) is 2. The van der Waals surface area contributed by atoms with Crippen LogP contribution in [0.1, 0.15) is 5.56 Å². The number of rotatable bonds is 8. The van der Waals surface area contributed by atoms with Crippen LogP contribution in [0.3, 0.4) is 0 Å². The number of methoxy groups -OCH3 is 1. The molecule has 0 fully saturated rings. The van der Waals surface area contributed by atoms with Crippen molar-refractivity contribution in [3.05, 3.63) is 88.5 Å². The number of nitrogens with zero attached hydrogens (tertiary/aromatic N) is 1. The van der Waals surface area contributed by atoms with E-state index in [1.54, 1.807) is 6.07 Å². The summed E-state index contributed by atoms with van der Waals surface area (Å²) in [5.41, 5.74) is 0.831. The van der Waals surface area contributed by atoms with Crippen LogP contribution in [0.2, 0.25) is 5.02 Å².